The van der Waals surface area contributed by atoms with Crippen LogP contribution in [0.15, 0.2) is 6.07 Å². The number of amides is 1. The molecule has 1 aliphatic rings. The summed E-state index contributed by atoms with van der Waals surface area (Å²) in [5, 5.41) is 13.3. The van der Waals surface area contributed by atoms with Crippen LogP contribution in [0.3, 0.4) is 0 Å². The lowest BCUT2D eigenvalue weighted by atomic mass is 9.94. The highest BCUT2D eigenvalue weighted by atomic mass is 16.1. The van der Waals surface area contributed by atoms with E-state index < -0.39 is 0 Å². The molecule has 1 atom stereocenters. The molecule has 5 nitrogen and oxygen atoms in total. The van der Waals surface area contributed by atoms with Crippen LogP contribution in [-0.2, 0) is 11.2 Å². The van der Waals surface area contributed by atoms with E-state index in [4.69, 9.17) is 0 Å². The topological polar surface area (TPSA) is 69.8 Å². The van der Waals surface area contributed by atoms with Gasteiger partial charge in [-0.05, 0) is 44.7 Å². The predicted octanol–water partition coefficient (Wildman–Crippen LogP) is 2.08. The number of carbonyl (C=O) groups is 1. The van der Waals surface area contributed by atoms with Gasteiger partial charge in [-0.15, -0.1) is 0 Å². The standard InChI is InChI=1S/C14H24N4O/c1-2-4-12-9-13(18-17-12)16-14(19)7-6-11-5-3-8-15-10-11/h9,11,15H,2-8,10H2,1H3,(H2,16,17,18,19). The zero-order valence-corrected chi connectivity index (χ0v) is 11.7. The SMILES string of the molecule is CCCc1cc(NC(=O)CCC2CCCNC2)n[nH]1. The van der Waals surface area contributed by atoms with Gasteiger partial charge in [0.15, 0.2) is 5.82 Å². The average Bonchev–Trinajstić information content (AvgIpc) is 2.85. The van der Waals surface area contributed by atoms with Crippen molar-refractivity contribution in [2.24, 2.45) is 5.92 Å². The van der Waals surface area contributed by atoms with E-state index in [-0.39, 0.29) is 5.91 Å². The van der Waals surface area contributed by atoms with Crippen molar-refractivity contribution in [2.75, 3.05) is 18.4 Å². The van der Waals surface area contributed by atoms with Gasteiger partial charge in [-0.3, -0.25) is 9.89 Å². The number of carbonyl (C=O) groups excluding carboxylic acids is 1. The van der Waals surface area contributed by atoms with Crippen molar-refractivity contribution >= 4 is 11.7 Å². The lowest BCUT2D eigenvalue weighted by Gasteiger charge is -2.22. The van der Waals surface area contributed by atoms with Crippen LogP contribution in [0.4, 0.5) is 5.82 Å². The Morgan fingerprint density at radius 1 is 1.58 bits per heavy atom. The fraction of sp³-hybridized carbons (Fsp3) is 0.714. The Labute approximate surface area is 114 Å². The maximum absolute atomic E-state index is 11.8. The summed E-state index contributed by atoms with van der Waals surface area (Å²) in [5.74, 6) is 1.37. The van der Waals surface area contributed by atoms with Crippen molar-refractivity contribution in [1.82, 2.24) is 15.5 Å². The number of aromatic amines is 1. The number of hydrogen-bond donors (Lipinski definition) is 3. The molecular formula is C14H24N4O. The Morgan fingerprint density at radius 3 is 3.21 bits per heavy atom. The van der Waals surface area contributed by atoms with E-state index in [0.29, 0.717) is 18.2 Å². The minimum absolute atomic E-state index is 0.0696. The van der Waals surface area contributed by atoms with Crippen molar-refractivity contribution in [3.05, 3.63) is 11.8 Å². The maximum atomic E-state index is 11.8. The third kappa shape index (κ3) is 4.67. The first-order chi connectivity index (χ1) is 9.28. The normalized spacial score (nSPS) is 19.3. The van der Waals surface area contributed by atoms with Crippen LogP contribution < -0.4 is 10.6 Å². The Kier molecular flexibility index (Phi) is 5.39. The summed E-state index contributed by atoms with van der Waals surface area (Å²) < 4.78 is 0. The molecule has 1 amide bonds. The van der Waals surface area contributed by atoms with E-state index in [2.05, 4.69) is 27.8 Å². The monoisotopic (exact) mass is 264 g/mol. The highest BCUT2D eigenvalue weighted by Gasteiger charge is 2.14. The first kappa shape index (κ1) is 14.1. The number of aromatic nitrogens is 2. The Hall–Kier alpha value is -1.36. The number of anilines is 1. The van der Waals surface area contributed by atoms with Crippen molar-refractivity contribution < 1.29 is 4.79 Å². The number of nitrogens with one attached hydrogen (secondary N) is 3. The highest BCUT2D eigenvalue weighted by molar-refractivity contribution is 5.89. The van der Waals surface area contributed by atoms with Gasteiger partial charge in [0.25, 0.3) is 0 Å². The molecule has 5 heteroatoms. The quantitative estimate of drug-likeness (QED) is 0.736. The molecule has 0 radical (unpaired) electrons. The summed E-state index contributed by atoms with van der Waals surface area (Å²) in [6.45, 7) is 4.30. The van der Waals surface area contributed by atoms with Crippen LogP contribution in [-0.4, -0.2) is 29.2 Å². The third-order valence-corrected chi connectivity index (χ3v) is 3.60. The number of hydrogen-bond acceptors (Lipinski definition) is 3. The molecule has 0 bridgehead atoms. The highest BCUT2D eigenvalue weighted by Crippen LogP contribution is 2.16. The van der Waals surface area contributed by atoms with E-state index in [1.807, 2.05) is 6.07 Å². The minimum Gasteiger partial charge on any atom is -0.316 e. The van der Waals surface area contributed by atoms with E-state index in [1.165, 1.54) is 12.8 Å². The van der Waals surface area contributed by atoms with Gasteiger partial charge in [0.1, 0.15) is 0 Å². The second kappa shape index (κ2) is 7.28. The fourth-order valence-corrected chi connectivity index (χ4v) is 2.53. The summed E-state index contributed by atoms with van der Waals surface area (Å²) in [7, 11) is 0. The van der Waals surface area contributed by atoms with Crippen LogP contribution in [0.2, 0.25) is 0 Å². The molecule has 2 rings (SSSR count). The molecule has 1 unspecified atom stereocenters. The second-order valence-electron chi connectivity index (χ2n) is 5.33. The van der Waals surface area contributed by atoms with Crippen molar-refractivity contribution in [3.8, 4) is 0 Å². The first-order valence-corrected chi connectivity index (χ1v) is 7.32. The molecular weight excluding hydrogens is 240 g/mol. The molecule has 1 fully saturated rings. The number of nitrogens with zero attached hydrogens (tertiary/aromatic N) is 1. The van der Waals surface area contributed by atoms with E-state index >= 15 is 0 Å². The summed E-state index contributed by atoms with van der Waals surface area (Å²) in [6, 6.07) is 1.92. The van der Waals surface area contributed by atoms with E-state index in [9.17, 15) is 4.79 Å². The van der Waals surface area contributed by atoms with Gasteiger partial charge in [0.2, 0.25) is 5.91 Å². The molecule has 19 heavy (non-hydrogen) atoms. The Morgan fingerprint density at radius 2 is 2.47 bits per heavy atom. The Balaban J connectivity index is 1.70. The maximum Gasteiger partial charge on any atom is 0.225 e. The van der Waals surface area contributed by atoms with Gasteiger partial charge in [-0.1, -0.05) is 13.3 Å². The molecule has 106 valence electrons. The van der Waals surface area contributed by atoms with Crippen LogP contribution in [0, 0.1) is 5.92 Å². The van der Waals surface area contributed by atoms with Crippen molar-refractivity contribution in [3.63, 3.8) is 0 Å². The Bertz CT molecular complexity index is 396. The summed E-state index contributed by atoms with van der Waals surface area (Å²) in [4.78, 5) is 11.8. The second-order valence-corrected chi connectivity index (χ2v) is 5.33. The van der Waals surface area contributed by atoms with Crippen molar-refractivity contribution in [1.29, 1.82) is 0 Å². The molecule has 1 aromatic rings. The molecule has 3 N–H and O–H groups in total. The van der Waals surface area contributed by atoms with Gasteiger partial charge in [-0.25, -0.2) is 0 Å². The fourth-order valence-electron chi connectivity index (χ4n) is 2.53. The van der Waals surface area contributed by atoms with E-state index in [1.54, 1.807) is 0 Å². The number of H-pyrrole nitrogens is 1. The minimum atomic E-state index is 0.0696. The van der Waals surface area contributed by atoms with Crippen LogP contribution in [0.5, 0.6) is 0 Å². The largest absolute Gasteiger partial charge is 0.316 e. The number of piperidine rings is 1. The summed E-state index contributed by atoms with van der Waals surface area (Å²) in [6.07, 6.45) is 6.06. The molecule has 1 saturated heterocycles. The van der Waals surface area contributed by atoms with Gasteiger partial charge in [0, 0.05) is 18.2 Å². The van der Waals surface area contributed by atoms with Gasteiger partial charge in [-0.2, -0.15) is 5.10 Å². The third-order valence-electron chi connectivity index (χ3n) is 3.60. The molecule has 1 aliphatic heterocycles. The van der Waals surface area contributed by atoms with Crippen LogP contribution >= 0.6 is 0 Å². The van der Waals surface area contributed by atoms with Gasteiger partial charge >= 0.3 is 0 Å². The van der Waals surface area contributed by atoms with Crippen molar-refractivity contribution in [2.45, 2.75) is 45.4 Å². The van der Waals surface area contributed by atoms with Gasteiger partial charge < -0.3 is 10.6 Å². The number of aryl methyl sites for hydroxylation is 1. The average molecular weight is 264 g/mol. The van der Waals surface area contributed by atoms with Gasteiger partial charge in [0.05, 0.1) is 0 Å². The molecule has 0 aromatic carbocycles. The van der Waals surface area contributed by atoms with E-state index in [0.717, 1.165) is 38.0 Å². The summed E-state index contributed by atoms with van der Waals surface area (Å²) in [5.41, 5.74) is 1.08. The molecule has 0 aliphatic carbocycles. The number of rotatable bonds is 6. The molecule has 0 spiro atoms. The van der Waals surface area contributed by atoms with Crippen LogP contribution in [0.25, 0.3) is 0 Å². The molecule has 2 heterocycles. The zero-order valence-electron chi connectivity index (χ0n) is 11.7. The molecule has 1 aromatic heterocycles. The van der Waals surface area contributed by atoms with Crippen LogP contribution in [0.1, 0.15) is 44.7 Å². The predicted molar refractivity (Wildman–Crippen MR) is 76.0 cm³/mol. The molecule has 0 saturated carbocycles. The lowest BCUT2D eigenvalue weighted by Crippen LogP contribution is -2.30. The summed E-state index contributed by atoms with van der Waals surface area (Å²) >= 11 is 0. The lowest BCUT2D eigenvalue weighted by molar-refractivity contribution is -0.116. The smallest absolute Gasteiger partial charge is 0.225 e. The first-order valence-electron chi connectivity index (χ1n) is 7.32. The zero-order chi connectivity index (χ0) is 13.5.